The first-order chi connectivity index (χ1) is 6.29. The van der Waals surface area contributed by atoms with Crippen LogP contribution in [-0.2, 0) is 7.05 Å². The molecule has 1 aliphatic heterocycles. The largest absolute Gasteiger partial charge is 0.322 e. The van der Waals surface area contributed by atoms with Gasteiger partial charge in [-0.25, -0.2) is 4.98 Å². The van der Waals surface area contributed by atoms with Gasteiger partial charge in [-0.2, -0.15) is 11.8 Å². The first-order valence-electron chi connectivity index (χ1n) is 4.54. The van der Waals surface area contributed by atoms with E-state index in [1.807, 2.05) is 23.4 Å². The average molecular weight is 217 g/mol. The van der Waals surface area contributed by atoms with Gasteiger partial charge in [-0.3, -0.25) is 0 Å². The van der Waals surface area contributed by atoms with Gasteiger partial charge in [0.05, 0.1) is 6.20 Å². The van der Waals surface area contributed by atoms with Crippen molar-refractivity contribution in [1.29, 1.82) is 0 Å². The molecular formula is C9H13ClN2S. The van der Waals surface area contributed by atoms with E-state index in [1.165, 1.54) is 24.3 Å². The average Bonchev–Trinajstić information content (AvgIpc) is 2.49. The molecule has 0 saturated carbocycles. The number of aromatic nitrogens is 2. The maximum Gasteiger partial charge on any atom is 0.128 e. The Morgan fingerprint density at radius 2 is 2.23 bits per heavy atom. The lowest BCUT2D eigenvalue weighted by Crippen LogP contribution is -2.12. The number of halogens is 1. The molecule has 0 atom stereocenters. The van der Waals surface area contributed by atoms with Crippen molar-refractivity contribution in [2.24, 2.45) is 7.05 Å². The van der Waals surface area contributed by atoms with E-state index >= 15 is 0 Å². The highest BCUT2D eigenvalue weighted by Gasteiger charge is 2.20. The zero-order chi connectivity index (χ0) is 9.26. The Morgan fingerprint density at radius 3 is 2.77 bits per heavy atom. The van der Waals surface area contributed by atoms with Gasteiger partial charge in [0, 0.05) is 13.0 Å². The van der Waals surface area contributed by atoms with E-state index in [9.17, 15) is 0 Å². The molecule has 1 fully saturated rings. The van der Waals surface area contributed by atoms with Gasteiger partial charge in [0.15, 0.2) is 0 Å². The summed E-state index contributed by atoms with van der Waals surface area (Å²) in [4.78, 5) is 4.36. The van der Waals surface area contributed by atoms with Crippen LogP contribution in [-0.4, -0.2) is 21.1 Å². The Morgan fingerprint density at radius 1 is 1.54 bits per heavy atom. The summed E-state index contributed by atoms with van der Waals surface area (Å²) in [5.74, 6) is 4.30. The molecule has 0 N–H and O–H groups in total. The zero-order valence-electron chi connectivity index (χ0n) is 7.66. The van der Waals surface area contributed by atoms with Crippen molar-refractivity contribution < 1.29 is 0 Å². The molecule has 0 unspecified atom stereocenters. The second-order valence-corrected chi connectivity index (χ2v) is 5.00. The Labute approximate surface area is 87.7 Å². The quantitative estimate of drug-likeness (QED) is 0.719. The van der Waals surface area contributed by atoms with Crippen molar-refractivity contribution in [3.05, 3.63) is 17.2 Å². The molecule has 72 valence electrons. The van der Waals surface area contributed by atoms with Crippen molar-refractivity contribution in [2.75, 3.05) is 11.5 Å². The molecule has 0 aromatic carbocycles. The Balaban J connectivity index is 2.18. The number of hydrogen-bond acceptors (Lipinski definition) is 2. The van der Waals surface area contributed by atoms with Gasteiger partial charge in [-0.15, -0.1) is 0 Å². The molecule has 1 saturated heterocycles. The topological polar surface area (TPSA) is 17.8 Å². The summed E-state index contributed by atoms with van der Waals surface area (Å²) in [6.07, 6.45) is 4.23. The molecule has 0 bridgehead atoms. The standard InChI is InChI=1S/C9H13ClN2S/c1-12-8(10)6-11-9(12)7-2-4-13-5-3-7/h6-7H,2-5H2,1H3. The van der Waals surface area contributed by atoms with Crippen LogP contribution in [0.2, 0.25) is 5.15 Å². The van der Waals surface area contributed by atoms with Gasteiger partial charge in [0.2, 0.25) is 0 Å². The van der Waals surface area contributed by atoms with E-state index in [-0.39, 0.29) is 0 Å². The SMILES string of the molecule is Cn1c(Cl)cnc1C1CCSCC1. The molecule has 2 heterocycles. The fraction of sp³-hybridized carbons (Fsp3) is 0.667. The minimum atomic E-state index is 0.624. The normalized spacial score (nSPS) is 19.2. The highest BCUT2D eigenvalue weighted by molar-refractivity contribution is 7.99. The summed E-state index contributed by atoms with van der Waals surface area (Å²) in [6, 6.07) is 0. The van der Waals surface area contributed by atoms with E-state index in [0.29, 0.717) is 5.92 Å². The summed E-state index contributed by atoms with van der Waals surface area (Å²) in [5.41, 5.74) is 0. The molecule has 2 nitrogen and oxygen atoms in total. The molecular weight excluding hydrogens is 204 g/mol. The summed E-state index contributed by atoms with van der Waals surface area (Å²) in [7, 11) is 1.99. The van der Waals surface area contributed by atoms with Gasteiger partial charge >= 0.3 is 0 Å². The van der Waals surface area contributed by atoms with Crippen LogP contribution >= 0.6 is 23.4 Å². The number of nitrogens with zero attached hydrogens (tertiary/aromatic N) is 2. The number of hydrogen-bond donors (Lipinski definition) is 0. The molecule has 0 amide bonds. The molecule has 0 spiro atoms. The third kappa shape index (κ3) is 1.86. The van der Waals surface area contributed by atoms with Crippen molar-refractivity contribution in [1.82, 2.24) is 9.55 Å². The van der Waals surface area contributed by atoms with E-state index in [4.69, 9.17) is 11.6 Å². The molecule has 1 aromatic heterocycles. The maximum absolute atomic E-state index is 5.94. The van der Waals surface area contributed by atoms with Crippen molar-refractivity contribution in [2.45, 2.75) is 18.8 Å². The smallest absolute Gasteiger partial charge is 0.128 e. The van der Waals surface area contributed by atoms with E-state index in [1.54, 1.807) is 6.20 Å². The third-order valence-corrected chi connectivity index (χ3v) is 3.95. The van der Waals surface area contributed by atoms with Gasteiger partial charge in [0.25, 0.3) is 0 Å². The first kappa shape index (κ1) is 9.41. The minimum absolute atomic E-state index is 0.624. The lowest BCUT2D eigenvalue weighted by Gasteiger charge is -2.20. The Hall–Kier alpha value is -0.150. The van der Waals surface area contributed by atoms with Crippen LogP contribution in [0.15, 0.2) is 6.20 Å². The first-order valence-corrected chi connectivity index (χ1v) is 6.07. The Bertz CT molecular complexity index is 292. The lowest BCUT2D eigenvalue weighted by molar-refractivity contribution is 0.575. The molecule has 1 aliphatic rings. The van der Waals surface area contributed by atoms with Crippen LogP contribution in [0.5, 0.6) is 0 Å². The van der Waals surface area contributed by atoms with Crippen molar-refractivity contribution >= 4 is 23.4 Å². The van der Waals surface area contributed by atoms with Crippen LogP contribution in [0, 0.1) is 0 Å². The Kier molecular flexibility index (Phi) is 2.84. The molecule has 4 heteroatoms. The summed E-state index contributed by atoms with van der Waals surface area (Å²) >= 11 is 7.98. The summed E-state index contributed by atoms with van der Waals surface area (Å²) in [5, 5.41) is 0.744. The van der Waals surface area contributed by atoms with Gasteiger partial charge in [-0.1, -0.05) is 11.6 Å². The molecule has 2 rings (SSSR count). The zero-order valence-corrected chi connectivity index (χ0v) is 9.24. The van der Waals surface area contributed by atoms with Crippen LogP contribution in [0.3, 0.4) is 0 Å². The van der Waals surface area contributed by atoms with Gasteiger partial charge in [-0.05, 0) is 24.3 Å². The van der Waals surface area contributed by atoms with Crippen LogP contribution in [0.1, 0.15) is 24.6 Å². The fourth-order valence-electron chi connectivity index (χ4n) is 1.74. The number of rotatable bonds is 1. The molecule has 13 heavy (non-hydrogen) atoms. The third-order valence-electron chi connectivity index (χ3n) is 2.55. The van der Waals surface area contributed by atoms with E-state index in [0.717, 1.165) is 11.0 Å². The predicted octanol–water partition coefficient (Wildman–Crippen LogP) is 2.68. The number of imidazole rings is 1. The van der Waals surface area contributed by atoms with Crippen molar-refractivity contribution in [3.8, 4) is 0 Å². The summed E-state index contributed by atoms with van der Waals surface area (Å²) in [6.45, 7) is 0. The van der Waals surface area contributed by atoms with Gasteiger partial charge in [0.1, 0.15) is 11.0 Å². The van der Waals surface area contributed by atoms with E-state index in [2.05, 4.69) is 4.98 Å². The molecule has 0 aliphatic carbocycles. The fourth-order valence-corrected chi connectivity index (χ4v) is 2.98. The predicted molar refractivity (Wildman–Crippen MR) is 57.5 cm³/mol. The van der Waals surface area contributed by atoms with Crippen LogP contribution in [0.4, 0.5) is 0 Å². The maximum atomic E-state index is 5.94. The second-order valence-electron chi connectivity index (χ2n) is 3.38. The lowest BCUT2D eigenvalue weighted by atomic mass is 10.0. The second kappa shape index (κ2) is 3.93. The molecule has 1 aromatic rings. The number of thioether (sulfide) groups is 1. The van der Waals surface area contributed by atoms with E-state index < -0.39 is 0 Å². The summed E-state index contributed by atoms with van der Waals surface area (Å²) < 4.78 is 2.00. The monoisotopic (exact) mass is 216 g/mol. The van der Waals surface area contributed by atoms with Crippen molar-refractivity contribution in [3.63, 3.8) is 0 Å². The minimum Gasteiger partial charge on any atom is -0.322 e. The highest BCUT2D eigenvalue weighted by Crippen LogP contribution is 2.31. The highest BCUT2D eigenvalue weighted by atomic mass is 35.5. The van der Waals surface area contributed by atoms with Gasteiger partial charge < -0.3 is 4.57 Å². The molecule has 0 radical (unpaired) electrons. The van der Waals surface area contributed by atoms with Crippen LogP contribution in [0.25, 0.3) is 0 Å². The van der Waals surface area contributed by atoms with Crippen LogP contribution < -0.4 is 0 Å².